The number of hydrogen-bond donors (Lipinski definition) is 2. The molecule has 4 heteroatoms. The van der Waals surface area contributed by atoms with Crippen molar-refractivity contribution in [3.8, 4) is 6.07 Å². The first-order valence-corrected chi connectivity index (χ1v) is 6.81. The molecule has 0 radical (unpaired) electrons. The maximum atomic E-state index is 8.58. The first-order valence-electron chi connectivity index (χ1n) is 6.81. The zero-order chi connectivity index (χ0) is 15.5. The molecule has 4 nitrogen and oxygen atoms in total. The Morgan fingerprint density at radius 2 is 1.32 bits per heavy atom. The largest absolute Gasteiger partial charge is 0.368 e. The van der Waals surface area contributed by atoms with Gasteiger partial charge in [0.15, 0.2) is 0 Å². The number of H-pyrrole nitrogens is 2. The van der Waals surface area contributed by atoms with Gasteiger partial charge in [0.25, 0.3) is 0 Å². The summed E-state index contributed by atoms with van der Waals surface area (Å²) in [7, 11) is 0. The zero-order valence-corrected chi connectivity index (χ0v) is 12.0. The summed E-state index contributed by atoms with van der Waals surface area (Å²) in [5.41, 5.74) is 1.34. The number of aromatic amines is 2. The number of nitrogens with zero attached hydrogens (tertiary/aromatic N) is 2. The number of fused-ring (bicyclic) bond motifs is 1. The molecule has 0 aliphatic carbocycles. The van der Waals surface area contributed by atoms with E-state index in [1.807, 2.05) is 85.5 Å². The Morgan fingerprint density at radius 1 is 0.727 bits per heavy atom. The van der Waals surface area contributed by atoms with Crippen molar-refractivity contribution in [1.29, 1.82) is 5.26 Å². The highest BCUT2D eigenvalue weighted by atomic mass is 14.7. The molecular weight excluding hydrogens is 272 g/mol. The molecule has 0 atom stereocenters. The minimum atomic E-state index is 0.466. The molecule has 3 aromatic heterocycles. The molecular formula is C18H16N4. The maximum absolute atomic E-state index is 8.58. The van der Waals surface area contributed by atoms with E-state index >= 15 is 0 Å². The van der Waals surface area contributed by atoms with E-state index in [4.69, 9.17) is 5.26 Å². The van der Waals surface area contributed by atoms with Gasteiger partial charge in [0.2, 0.25) is 0 Å². The molecule has 0 unspecified atom stereocenters. The second kappa shape index (κ2) is 8.77. The van der Waals surface area contributed by atoms with Gasteiger partial charge in [0.05, 0.1) is 5.52 Å². The van der Waals surface area contributed by atoms with E-state index in [1.165, 1.54) is 0 Å². The Labute approximate surface area is 129 Å². The summed E-state index contributed by atoms with van der Waals surface area (Å²) in [6.07, 6.45) is 7.50. The number of aromatic nitrogens is 3. The second-order valence-electron chi connectivity index (χ2n) is 4.27. The Bertz CT molecular complexity index is 736. The smallest absolute Gasteiger partial charge is 0.141 e. The fraction of sp³-hybridized carbons (Fsp3) is 0. The van der Waals surface area contributed by atoms with Crippen LogP contribution in [-0.4, -0.2) is 15.0 Å². The summed E-state index contributed by atoms with van der Waals surface area (Å²) in [5, 5.41) is 9.65. The average molecular weight is 288 g/mol. The standard InChI is InChI=1S/C10H6N2.2C4H5N/c11-7-9-6-5-8-3-1-2-4-10(8)12-9;2*1-2-4-5-3-1/h1-6H;2*1-5H. The molecule has 0 aliphatic rings. The van der Waals surface area contributed by atoms with E-state index < -0.39 is 0 Å². The van der Waals surface area contributed by atoms with E-state index in [1.54, 1.807) is 6.07 Å². The summed E-state index contributed by atoms with van der Waals surface area (Å²) >= 11 is 0. The van der Waals surface area contributed by atoms with E-state index in [9.17, 15) is 0 Å². The van der Waals surface area contributed by atoms with Crippen LogP contribution in [0.4, 0.5) is 0 Å². The quantitative estimate of drug-likeness (QED) is 0.510. The number of nitrogens with one attached hydrogen (secondary N) is 2. The number of hydrogen-bond acceptors (Lipinski definition) is 2. The van der Waals surface area contributed by atoms with Crippen LogP contribution >= 0.6 is 0 Å². The van der Waals surface area contributed by atoms with Crippen molar-refractivity contribution >= 4 is 10.9 Å². The van der Waals surface area contributed by atoms with Crippen molar-refractivity contribution in [1.82, 2.24) is 15.0 Å². The van der Waals surface area contributed by atoms with Crippen LogP contribution < -0.4 is 0 Å². The van der Waals surface area contributed by atoms with Gasteiger partial charge >= 0.3 is 0 Å². The number of nitriles is 1. The minimum absolute atomic E-state index is 0.466. The topological polar surface area (TPSA) is 68.3 Å². The highest BCUT2D eigenvalue weighted by Crippen LogP contribution is 2.10. The number of benzene rings is 1. The highest BCUT2D eigenvalue weighted by molar-refractivity contribution is 5.78. The lowest BCUT2D eigenvalue weighted by Gasteiger charge is -1.94. The molecule has 1 aromatic carbocycles. The zero-order valence-electron chi connectivity index (χ0n) is 12.0. The van der Waals surface area contributed by atoms with Crippen LogP contribution in [0, 0.1) is 11.3 Å². The highest BCUT2D eigenvalue weighted by Gasteiger charge is 1.94. The third kappa shape index (κ3) is 4.99. The van der Waals surface area contributed by atoms with Crippen molar-refractivity contribution < 1.29 is 0 Å². The lowest BCUT2D eigenvalue weighted by molar-refractivity contribution is 1.33. The normalized spacial score (nSPS) is 8.86. The molecule has 22 heavy (non-hydrogen) atoms. The SMILES string of the molecule is N#Cc1ccc2ccccc2n1.c1cc[nH]c1.c1cc[nH]c1. The average Bonchev–Trinajstić information content (AvgIpc) is 3.32. The summed E-state index contributed by atoms with van der Waals surface area (Å²) in [4.78, 5) is 9.85. The van der Waals surface area contributed by atoms with Crippen molar-refractivity contribution in [2.45, 2.75) is 0 Å². The second-order valence-corrected chi connectivity index (χ2v) is 4.27. The summed E-state index contributed by atoms with van der Waals surface area (Å²) in [5.74, 6) is 0. The molecule has 0 amide bonds. The van der Waals surface area contributed by atoms with Gasteiger partial charge in [-0.3, -0.25) is 0 Å². The molecule has 3 heterocycles. The Hall–Kier alpha value is -3.32. The van der Waals surface area contributed by atoms with E-state index in [2.05, 4.69) is 15.0 Å². The van der Waals surface area contributed by atoms with Crippen molar-refractivity contribution in [2.75, 3.05) is 0 Å². The molecule has 0 saturated carbocycles. The molecule has 2 N–H and O–H groups in total. The lowest BCUT2D eigenvalue weighted by Crippen LogP contribution is -1.82. The summed E-state index contributed by atoms with van der Waals surface area (Å²) in [6, 6.07) is 21.2. The van der Waals surface area contributed by atoms with Crippen LogP contribution in [-0.2, 0) is 0 Å². The van der Waals surface area contributed by atoms with Crippen LogP contribution in [0.5, 0.6) is 0 Å². The van der Waals surface area contributed by atoms with Gasteiger partial charge in [0, 0.05) is 30.2 Å². The molecule has 4 aromatic rings. The fourth-order valence-electron chi connectivity index (χ4n) is 1.68. The van der Waals surface area contributed by atoms with E-state index in [-0.39, 0.29) is 0 Å². The molecule has 0 spiro atoms. The monoisotopic (exact) mass is 288 g/mol. The number of rotatable bonds is 0. The Kier molecular flexibility index (Phi) is 6.01. The van der Waals surface area contributed by atoms with E-state index in [0.29, 0.717) is 5.69 Å². The third-order valence-corrected chi connectivity index (χ3v) is 2.70. The predicted octanol–water partition coefficient (Wildman–Crippen LogP) is 4.14. The van der Waals surface area contributed by atoms with Gasteiger partial charge in [-0.25, -0.2) is 4.98 Å². The van der Waals surface area contributed by atoms with Gasteiger partial charge in [-0.1, -0.05) is 18.2 Å². The van der Waals surface area contributed by atoms with Crippen molar-refractivity contribution in [2.24, 2.45) is 0 Å². The van der Waals surface area contributed by atoms with Crippen LogP contribution in [0.1, 0.15) is 5.69 Å². The molecule has 4 rings (SSSR count). The maximum Gasteiger partial charge on any atom is 0.141 e. The van der Waals surface area contributed by atoms with Crippen LogP contribution in [0.3, 0.4) is 0 Å². The van der Waals surface area contributed by atoms with Crippen LogP contribution in [0.15, 0.2) is 85.5 Å². The molecule has 0 saturated heterocycles. The number of pyridine rings is 1. The number of para-hydroxylation sites is 1. The predicted molar refractivity (Wildman–Crippen MR) is 88.0 cm³/mol. The van der Waals surface area contributed by atoms with Crippen molar-refractivity contribution in [3.05, 3.63) is 91.1 Å². The van der Waals surface area contributed by atoms with Gasteiger partial charge in [-0.15, -0.1) is 0 Å². The first-order chi connectivity index (χ1) is 10.9. The van der Waals surface area contributed by atoms with Gasteiger partial charge < -0.3 is 9.97 Å². The summed E-state index contributed by atoms with van der Waals surface area (Å²) in [6.45, 7) is 0. The molecule has 108 valence electrons. The van der Waals surface area contributed by atoms with Crippen LogP contribution in [0.2, 0.25) is 0 Å². The fourth-order valence-corrected chi connectivity index (χ4v) is 1.68. The Balaban J connectivity index is 0.000000145. The Morgan fingerprint density at radius 3 is 1.82 bits per heavy atom. The first kappa shape index (κ1) is 15.1. The van der Waals surface area contributed by atoms with Gasteiger partial charge in [-0.2, -0.15) is 5.26 Å². The van der Waals surface area contributed by atoms with Gasteiger partial charge in [0.1, 0.15) is 11.8 Å². The third-order valence-electron chi connectivity index (χ3n) is 2.70. The lowest BCUT2D eigenvalue weighted by atomic mass is 10.2. The molecule has 0 bridgehead atoms. The molecule has 0 fully saturated rings. The summed E-state index contributed by atoms with van der Waals surface area (Å²) < 4.78 is 0. The van der Waals surface area contributed by atoms with Gasteiger partial charge in [-0.05, 0) is 42.5 Å². The van der Waals surface area contributed by atoms with E-state index in [0.717, 1.165) is 10.9 Å². The molecule has 0 aliphatic heterocycles. The minimum Gasteiger partial charge on any atom is -0.368 e. The van der Waals surface area contributed by atoms with Crippen molar-refractivity contribution in [3.63, 3.8) is 0 Å². The van der Waals surface area contributed by atoms with Crippen LogP contribution in [0.25, 0.3) is 10.9 Å².